The number of nitrogen functional groups attached to an aromatic ring is 1. The average Bonchev–Trinajstić information content (AvgIpc) is 2.74. The molecule has 0 aromatic carbocycles. The maximum absolute atomic E-state index is 5.40. The molecule has 5 nitrogen and oxygen atoms in total. The van der Waals surface area contributed by atoms with Gasteiger partial charge in [0.2, 0.25) is 0 Å². The van der Waals surface area contributed by atoms with Crippen molar-refractivity contribution < 1.29 is 4.42 Å². The monoisotopic (exact) mass is 296 g/mol. The number of nitrogens with two attached hydrogens (primary N) is 1. The lowest BCUT2D eigenvalue weighted by Crippen LogP contribution is -2.11. The predicted octanol–water partition coefficient (Wildman–Crippen LogP) is 2.91. The van der Waals surface area contributed by atoms with Gasteiger partial charge in [0.25, 0.3) is 0 Å². The molecule has 0 bridgehead atoms. The Morgan fingerprint density at radius 2 is 2.18 bits per heavy atom. The van der Waals surface area contributed by atoms with Crippen molar-refractivity contribution in [3.8, 4) is 11.6 Å². The fourth-order valence-corrected chi connectivity index (χ4v) is 1.77. The summed E-state index contributed by atoms with van der Waals surface area (Å²) in [5, 5.41) is 0. The number of aromatic nitrogens is 2. The Bertz CT molecular complexity index is 524. The number of nitrogens with one attached hydrogen (secondary N) is 1. The van der Waals surface area contributed by atoms with Gasteiger partial charge in [-0.25, -0.2) is 15.8 Å². The van der Waals surface area contributed by atoms with Gasteiger partial charge >= 0.3 is 0 Å². The maximum atomic E-state index is 5.40. The van der Waals surface area contributed by atoms with Gasteiger partial charge in [-0.15, -0.1) is 0 Å². The van der Waals surface area contributed by atoms with E-state index in [2.05, 4.69) is 45.2 Å². The van der Waals surface area contributed by atoms with Crippen molar-refractivity contribution in [3.05, 3.63) is 28.6 Å². The Hall–Kier alpha value is -1.40. The molecule has 3 N–H and O–H groups in total. The summed E-state index contributed by atoms with van der Waals surface area (Å²) in [5.74, 6) is 7.37. The van der Waals surface area contributed by atoms with E-state index in [1.165, 1.54) is 0 Å². The lowest BCUT2D eigenvalue weighted by atomic mass is 10.1. The van der Waals surface area contributed by atoms with Gasteiger partial charge in [0.1, 0.15) is 5.82 Å². The molecule has 6 heteroatoms. The topological polar surface area (TPSA) is 77.0 Å². The van der Waals surface area contributed by atoms with Crippen LogP contribution < -0.4 is 11.3 Å². The normalized spacial score (nSPS) is 10.9. The van der Waals surface area contributed by atoms with Gasteiger partial charge in [-0.1, -0.05) is 13.8 Å². The standard InChI is InChI=1S/C11H13BrN4O/c1-6(2)8-5-9(16-13)15-11(14-8)10-7(12)3-4-17-10/h3-6H,13H2,1-2H3,(H,14,15,16). The summed E-state index contributed by atoms with van der Waals surface area (Å²) in [5.41, 5.74) is 3.44. The minimum absolute atomic E-state index is 0.289. The lowest BCUT2D eigenvalue weighted by molar-refractivity contribution is 0.575. The number of halogens is 1. The van der Waals surface area contributed by atoms with Crippen LogP contribution >= 0.6 is 15.9 Å². The first-order chi connectivity index (χ1) is 8.11. The Balaban J connectivity index is 2.54. The molecule has 0 saturated heterocycles. The molecule has 0 aliphatic carbocycles. The largest absolute Gasteiger partial charge is 0.460 e. The maximum Gasteiger partial charge on any atom is 0.199 e. The number of hydrogen-bond donors (Lipinski definition) is 2. The predicted molar refractivity (Wildman–Crippen MR) is 69.3 cm³/mol. The van der Waals surface area contributed by atoms with Crippen molar-refractivity contribution in [1.29, 1.82) is 0 Å². The van der Waals surface area contributed by atoms with Crippen LogP contribution in [0.5, 0.6) is 0 Å². The summed E-state index contributed by atoms with van der Waals surface area (Å²) < 4.78 is 6.16. The van der Waals surface area contributed by atoms with Gasteiger partial charge in [-0.3, -0.25) is 0 Å². The van der Waals surface area contributed by atoms with E-state index in [9.17, 15) is 0 Å². The molecular weight excluding hydrogens is 284 g/mol. The van der Waals surface area contributed by atoms with E-state index in [0.717, 1.165) is 10.2 Å². The van der Waals surface area contributed by atoms with Gasteiger partial charge in [0.05, 0.1) is 10.7 Å². The van der Waals surface area contributed by atoms with Crippen LogP contribution in [0.15, 0.2) is 27.3 Å². The molecule has 0 atom stereocenters. The zero-order valence-electron chi connectivity index (χ0n) is 9.57. The minimum Gasteiger partial charge on any atom is -0.460 e. The minimum atomic E-state index is 0.289. The van der Waals surface area contributed by atoms with Crippen LogP contribution in [0.4, 0.5) is 5.82 Å². The molecule has 0 fully saturated rings. The highest BCUT2D eigenvalue weighted by molar-refractivity contribution is 9.10. The van der Waals surface area contributed by atoms with Crippen molar-refractivity contribution in [1.82, 2.24) is 9.97 Å². The molecule has 2 rings (SSSR count). The molecule has 90 valence electrons. The summed E-state index contributed by atoms with van der Waals surface area (Å²) in [6, 6.07) is 3.63. The zero-order chi connectivity index (χ0) is 12.4. The van der Waals surface area contributed by atoms with Crippen LogP contribution in [0.1, 0.15) is 25.5 Å². The number of hydrazine groups is 1. The third-order valence-corrected chi connectivity index (χ3v) is 2.93. The Morgan fingerprint density at radius 1 is 1.41 bits per heavy atom. The summed E-state index contributed by atoms with van der Waals surface area (Å²) in [4.78, 5) is 8.72. The molecule has 2 aromatic heterocycles. The van der Waals surface area contributed by atoms with Crippen molar-refractivity contribution in [2.75, 3.05) is 5.43 Å². The van der Waals surface area contributed by atoms with Gasteiger partial charge in [0.15, 0.2) is 11.6 Å². The number of anilines is 1. The molecule has 0 spiro atoms. The summed E-state index contributed by atoms with van der Waals surface area (Å²) in [6.07, 6.45) is 1.58. The number of hydrogen-bond acceptors (Lipinski definition) is 5. The zero-order valence-corrected chi connectivity index (χ0v) is 11.2. The van der Waals surface area contributed by atoms with Gasteiger partial charge in [0, 0.05) is 11.8 Å². The first-order valence-corrected chi connectivity index (χ1v) is 6.00. The number of nitrogens with zero attached hydrogens (tertiary/aromatic N) is 2. The van der Waals surface area contributed by atoms with E-state index in [4.69, 9.17) is 10.3 Å². The van der Waals surface area contributed by atoms with Crippen molar-refractivity contribution in [2.45, 2.75) is 19.8 Å². The lowest BCUT2D eigenvalue weighted by Gasteiger charge is -2.08. The summed E-state index contributed by atoms with van der Waals surface area (Å²) in [7, 11) is 0. The molecule has 0 aliphatic rings. The van der Waals surface area contributed by atoms with Gasteiger partial charge < -0.3 is 9.84 Å². The molecule has 0 radical (unpaired) electrons. The summed E-state index contributed by atoms with van der Waals surface area (Å²) >= 11 is 3.39. The van der Waals surface area contributed by atoms with E-state index < -0.39 is 0 Å². The van der Waals surface area contributed by atoms with Crippen LogP contribution in [0.3, 0.4) is 0 Å². The van der Waals surface area contributed by atoms with Crippen molar-refractivity contribution >= 4 is 21.7 Å². The second-order valence-corrected chi connectivity index (χ2v) is 4.75. The molecule has 17 heavy (non-hydrogen) atoms. The highest BCUT2D eigenvalue weighted by Gasteiger charge is 2.13. The molecule has 0 amide bonds. The fourth-order valence-electron chi connectivity index (χ4n) is 1.39. The van der Waals surface area contributed by atoms with E-state index in [1.54, 1.807) is 12.3 Å². The van der Waals surface area contributed by atoms with Gasteiger partial charge in [-0.2, -0.15) is 0 Å². The van der Waals surface area contributed by atoms with Crippen molar-refractivity contribution in [2.24, 2.45) is 5.84 Å². The molecule has 2 aromatic rings. The molecule has 0 aliphatic heterocycles. The number of furan rings is 1. The van der Waals surface area contributed by atoms with Crippen LogP contribution in [0.2, 0.25) is 0 Å². The Labute approximate surface area is 108 Å². The first-order valence-electron chi connectivity index (χ1n) is 5.20. The third kappa shape index (κ3) is 2.48. The van der Waals surface area contributed by atoms with Crippen LogP contribution in [-0.4, -0.2) is 9.97 Å². The highest BCUT2D eigenvalue weighted by atomic mass is 79.9. The second kappa shape index (κ2) is 4.85. The number of rotatable bonds is 3. The van der Waals surface area contributed by atoms with E-state index in [1.807, 2.05) is 6.07 Å². The van der Waals surface area contributed by atoms with E-state index in [-0.39, 0.29) is 5.92 Å². The second-order valence-electron chi connectivity index (χ2n) is 3.90. The van der Waals surface area contributed by atoms with Gasteiger partial charge in [-0.05, 0) is 27.9 Å². The fraction of sp³-hybridized carbons (Fsp3) is 0.273. The highest BCUT2D eigenvalue weighted by Crippen LogP contribution is 2.28. The Morgan fingerprint density at radius 3 is 2.71 bits per heavy atom. The Kier molecular flexibility index (Phi) is 3.44. The SMILES string of the molecule is CC(C)c1cc(NN)nc(-c2occc2Br)n1. The third-order valence-electron chi connectivity index (χ3n) is 2.31. The van der Waals surface area contributed by atoms with Crippen LogP contribution in [0.25, 0.3) is 11.6 Å². The quantitative estimate of drug-likeness (QED) is 0.673. The van der Waals surface area contributed by atoms with Crippen LogP contribution in [-0.2, 0) is 0 Å². The summed E-state index contributed by atoms with van der Waals surface area (Å²) in [6.45, 7) is 4.12. The molecular formula is C11H13BrN4O. The average molecular weight is 297 g/mol. The molecule has 2 heterocycles. The molecule has 0 unspecified atom stereocenters. The van der Waals surface area contributed by atoms with Crippen molar-refractivity contribution in [3.63, 3.8) is 0 Å². The molecule has 0 saturated carbocycles. The smallest absolute Gasteiger partial charge is 0.199 e. The van der Waals surface area contributed by atoms with E-state index in [0.29, 0.717) is 17.4 Å². The van der Waals surface area contributed by atoms with Crippen LogP contribution in [0, 0.1) is 0 Å². The van der Waals surface area contributed by atoms with E-state index >= 15 is 0 Å². The first kappa shape index (κ1) is 12.1.